The first-order valence-electron chi connectivity index (χ1n) is 5.57. The molecule has 0 saturated carbocycles. The van der Waals surface area contributed by atoms with Crippen LogP contribution in [0, 0.1) is 0 Å². The molecule has 6 nitrogen and oxygen atoms in total. The van der Waals surface area contributed by atoms with E-state index in [1.165, 1.54) is 0 Å². The largest absolute Gasteiger partial charge is 0.445 e. The third kappa shape index (κ3) is 5.13. The lowest BCUT2D eigenvalue weighted by molar-refractivity contribution is -0.0141. The van der Waals surface area contributed by atoms with Gasteiger partial charge in [-0.2, -0.15) is 0 Å². The number of alkyl carbamates (subject to hydrolysis) is 1. The van der Waals surface area contributed by atoms with Gasteiger partial charge < -0.3 is 20.1 Å². The van der Waals surface area contributed by atoms with Crippen molar-refractivity contribution < 1.29 is 24.9 Å². The number of ether oxygens (including phenoxy) is 1. The fraction of sp³-hybridized carbons (Fsp3) is 0.417. The number of aliphatic hydroxyl groups is 3. The highest BCUT2D eigenvalue weighted by atomic mass is 16.6. The van der Waals surface area contributed by atoms with Crippen LogP contribution in [-0.4, -0.2) is 40.4 Å². The lowest BCUT2D eigenvalue weighted by Gasteiger charge is -2.17. The Morgan fingerprint density at radius 2 is 1.94 bits per heavy atom. The lowest BCUT2D eigenvalue weighted by atomic mass is 10.2. The van der Waals surface area contributed by atoms with E-state index in [1.54, 1.807) is 12.1 Å². The first-order chi connectivity index (χ1) is 8.63. The smallest absolute Gasteiger partial charge is 0.409 e. The number of carbonyl (C=O) groups excluding carboxylic acids is 1. The van der Waals surface area contributed by atoms with E-state index in [1.807, 2.05) is 18.2 Å². The molecule has 0 radical (unpaired) electrons. The predicted octanol–water partition coefficient (Wildman–Crippen LogP) is -0.0255. The molecule has 0 aliphatic rings. The van der Waals surface area contributed by atoms with E-state index in [4.69, 9.17) is 9.84 Å². The topological polar surface area (TPSA) is 99.0 Å². The Bertz CT molecular complexity index is 357. The van der Waals surface area contributed by atoms with E-state index in [2.05, 4.69) is 5.32 Å². The van der Waals surface area contributed by atoms with Crippen LogP contribution in [0.15, 0.2) is 30.3 Å². The van der Waals surface area contributed by atoms with Gasteiger partial charge in [0, 0.05) is 13.0 Å². The maximum Gasteiger partial charge on any atom is 0.409 e. The molecule has 0 unspecified atom stereocenters. The number of benzene rings is 1. The number of nitrogens with one attached hydrogen (secondary N) is 1. The third-order valence-corrected chi connectivity index (χ3v) is 2.27. The molecular weight excluding hydrogens is 238 g/mol. The third-order valence-electron chi connectivity index (χ3n) is 2.27. The Morgan fingerprint density at radius 1 is 1.28 bits per heavy atom. The molecule has 6 heteroatoms. The molecule has 1 amide bonds. The van der Waals surface area contributed by atoms with Crippen LogP contribution in [0.4, 0.5) is 4.79 Å². The molecule has 0 heterocycles. The number of hydrogen-bond donors (Lipinski definition) is 4. The van der Waals surface area contributed by atoms with Gasteiger partial charge in [-0.15, -0.1) is 0 Å². The van der Waals surface area contributed by atoms with E-state index in [0.717, 1.165) is 5.56 Å². The Kier molecular flexibility index (Phi) is 6.13. The molecule has 0 aromatic heterocycles. The molecule has 0 spiro atoms. The molecule has 1 aromatic carbocycles. The molecule has 0 aliphatic heterocycles. The Morgan fingerprint density at radius 3 is 2.56 bits per heavy atom. The summed E-state index contributed by atoms with van der Waals surface area (Å²) < 4.78 is 4.84. The zero-order valence-corrected chi connectivity index (χ0v) is 9.82. The standard InChI is InChI=1S/C12H17NO5/c14-7-6-10(15)11(16)13-12(17)18-8-9-4-2-1-3-5-9/h1-5,10-11,14-16H,6-8H2,(H,13,17)/t10-,11-/m0/s1. The van der Waals surface area contributed by atoms with Crippen molar-refractivity contribution >= 4 is 6.09 Å². The highest BCUT2D eigenvalue weighted by Gasteiger charge is 2.18. The molecule has 0 bridgehead atoms. The summed E-state index contributed by atoms with van der Waals surface area (Å²) in [4.78, 5) is 11.3. The number of carbonyl (C=O) groups is 1. The number of rotatable bonds is 6. The number of hydrogen-bond acceptors (Lipinski definition) is 5. The molecule has 0 aliphatic carbocycles. The van der Waals surface area contributed by atoms with E-state index in [0.29, 0.717) is 0 Å². The van der Waals surface area contributed by atoms with Crippen molar-refractivity contribution in [1.29, 1.82) is 0 Å². The normalized spacial score (nSPS) is 13.7. The van der Waals surface area contributed by atoms with Crippen molar-refractivity contribution in [2.24, 2.45) is 0 Å². The maximum atomic E-state index is 11.3. The second-order valence-corrected chi connectivity index (χ2v) is 3.73. The first-order valence-corrected chi connectivity index (χ1v) is 5.57. The van der Waals surface area contributed by atoms with E-state index < -0.39 is 18.4 Å². The summed E-state index contributed by atoms with van der Waals surface area (Å²) in [6.07, 6.45) is -3.54. The monoisotopic (exact) mass is 255 g/mol. The minimum Gasteiger partial charge on any atom is -0.445 e. The van der Waals surface area contributed by atoms with Crippen LogP contribution in [0.5, 0.6) is 0 Å². The Labute approximate surface area is 105 Å². The van der Waals surface area contributed by atoms with Crippen molar-refractivity contribution in [2.75, 3.05) is 6.61 Å². The molecule has 0 fully saturated rings. The van der Waals surface area contributed by atoms with E-state index in [-0.39, 0.29) is 19.6 Å². The summed E-state index contributed by atoms with van der Waals surface area (Å²) in [6, 6.07) is 9.07. The van der Waals surface area contributed by atoms with Gasteiger partial charge in [-0.05, 0) is 5.56 Å². The minimum absolute atomic E-state index is 0.0276. The van der Waals surface area contributed by atoms with E-state index in [9.17, 15) is 15.0 Å². The van der Waals surface area contributed by atoms with Gasteiger partial charge in [0.2, 0.25) is 0 Å². The summed E-state index contributed by atoms with van der Waals surface area (Å²) in [6.45, 7) is -0.200. The van der Waals surface area contributed by atoms with Crippen molar-refractivity contribution in [1.82, 2.24) is 5.32 Å². The summed E-state index contributed by atoms with van der Waals surface area (Å²) in [5.74, 6) is 0. The van der Waals surface area contributed by atoms with Crippen LogP contribution in [0.1, 0.15) is 12.0 Å². The predicted molar refractivity (Wildman–Crippen MR) is 63.5 cm³/mol. The fourth-order valence-electron chi connectivity index (χ4n) is 1.27. The van der Waals surface area contributed by atoms with Crippen LogP contribution in [0.25, 0.3) is 0 Å². The summed E-state index contributed by atoms with van der Waals surface area (Å²) >= 11 is 0. The van der Waals surface area contributed by atoms with Gasteiger partial charge in [-0.25, -0.2) is 4.79 Å². The molecule has 2 atom stereocenters. The van der Waals surface area contributed by atoms with Gasteiger partial charge in [0.1, 0.15) is 12.7 Å². The molecular formula is C12H17NO5. The van der Waals surface area contributed by atoms with Crippen molar-refractivity contribution in [3.8, 4) is 0 Å². The summed E-state index contributed by atoms with van der Waals surface area (Å²) in [5, 5.41) is 29.2. The van der Waals surface area contributed by atoms with Crippen LogP contribution < -0.4 is 5.32 Å². The maximum absolute atomic E-state index is 11.3. The average molecular weight is 255 g/mol. The van der Waals surface area contributed by atoms with Gasteiger partial charge in [-0.3, -0.25) is 5.32 Å². The summed E-state index contributed by atoms with van der Waals surface area (Å²) in [7, 11) is 0. The van der Waals surface area contributed by atoms with Crippen molar-refractivity contribution in [3.63, 3.8) is 0 Å². The van der Waals surface area contributed by atoms with Crippen molar-refractivity contribution in [2.45, 2.75) is 25.4 Å². The van der Waals surface area contributed by atoms with Gasteiger partial charge in [0.25, 0.3) is 0 Å². The molecule has 0 saturated heterocycles. The van der Waals surface area contributed by atoms with Crippen LogP contribution in [0.3, 0.4) is 0 Å². The fourth-order valence-corrected chi connectivity index (χ4v) is 1.27. The van der Waals surface area contributed by atoms with E-state index >= 15 is 0 Å². The molecule has 1 aromatic rings. The quantitative estimate of drug-likeness (QED) is 0.535. The highest BCUT2D eigenvalue weighted by Crippen LogP contribution is 2.01. The molecule has 1 rings (SSSR count). The van der Waals surface area contributed by atoms with Gasteiger partial charge in [-0.1, -0.05) is 30.3 Å². The number of amides is 1. The van der Waals surface area contributed by atoms with Crippen LogP contribution in [-0.2, 0) is 11.3 Å². The van der Waals surface area contributed by atoms with Crippen LogP contribution in [0.2, 0.25) is 0 Å². The van der Waals surface area contributed by atoms with Gasteiger partial charge in [0.05, 0.1) is 0 Å². The average Bonchev–Trinajstić information content (AvgIpc) is 2.38. The second kappa shape index (κ2) is 7.65. The summed E-state index contributed by atoms with van der Waals surface area (Å²) in [5.41, 5.74) is 0.818. The van der Waals surface area contributed by atoms with Gasteiger partial charge >= 0.3 is 6.09 Å². The zero-order valence-electron chi connectivity index (χ0n) is 9.82. The Hall–Kier alpha value is -1.63. The second-order valence-electron chi connectivity index (χ2n) is 3.73. The number of aliphatic hydroxyl groups excluding tert-OH is 3. The lowest BCUT2D eigenvalue weighted by Crippen LogP contribution is -2.43. The molecule has 18 heavy (non-hydrogen) atoms. The highest BCUT2D eigenvalue weighted by molar-refractivity contribution is 5.67. The Balaban J connectivity index is 2.29. The zero-order chi connectivity index (χ0) is 13.4. The molecule has 100 valence electrons. The SMILES string of the molecule is O=C(N[C@@H](O)[C@@H](O)CCO)OCc1ccccc1. The molecule has 4 N–H and O–H groups in total. The minimum atomic E-state index is -1.46. The van der Waals surface area contributed by atoms with Gasteiger partial charge in [0.15, 0.2) is 6.23 Å². The first kappa shape index (κ1) is 14.4. The van der Waals surface area contributed by atoms with Crippen molar-refractivity contribution in [3.05, 3.63) is 35.9 Å². The van der Waals surface area contributed by atoms with Crippen LogP contribution >= 0.6 is 0 Å².